The van der Waals surface area contributed by atoms with Gasteiger partial charge < -0.3 is 11.5 Å². The number of benzene rings is 2. The largest absolute Gasteiger partial charge is 0.384 e. The van der Waals surface area contributed by atoms with Crippen molar-refractivity contribution in [3.63, 3.8) is 0 Å². The van der Waals surface area contributed by atoms with Gasteiger partial charge in [-0.3, -0.25) is 4.98 Å². The van der Waals surface area contributed by atoms with Gasteiger partial charge in [0.25, 0.3) is 0 Å². The molecule has 2 aromatic heterocycles. The number of aromatic nitrogens is 3. The average Bonchev–Trinajstić information content (AvgIpc) is 2.69. The molecule has 2 aromatic carbocycles. The van der Waals surface area contributed by atoms with E-state index in [2.05, 4.69) is 15.0 Å². The molecule has 2 heterocycles. The van der Waals surface area contributed by atoms with Crippen molar-refractivity contribution in [3.05, 3.63) is 79.0 Å². The monoisotopic (exact) mass is 357 g/mol. The predicted molar refractivity (Wildman–Crippen MR) is 105 cm³/mol. The number of nitrogens with zero attached hydrogens (tertiary/aromatic N) is 3. The zero-order valence-electron chi connectivity index (χ0n) is 14.3. The summed E-state index contributed by atoms with van der Waals surface area (Å²) in [7, 11) is 0. The first-order chi connectivity index (χ1) is 13.1. The molecule has 0 aliphatic heterocycles. The Hall–Kier alpha value is -3.80. The Kier molecular flexibility index (Phi) is 4.22. The topological polar surface area (TPSA) is 90.7 Å². The lowest BCUT2D eigenvalue weighted by molar-refractivity contribution is 0.631. The molecule has 0 saturated heterocycles. The molecule has 6 heteroatoms. The summed E-state index contributed by atoms with van der Waals surface area (Å²) in [5, 5.41) is 0. The molecule has 4 aromatic rings. The summed E-state index contributed by atoms with van der Waals surface area (Å²) in [6.07, 6.45) is 4.72. The molecule has 4 N–H and O–H groups in total. The molecule has 0 spiro atoms. The Morgan fingerprint density at radius 3 is 2.00 bits per heavy atom. The molecule has 4 rings (SSSR count). The van der Waals surface area contributed by atoms with E-state index in [1.165, 1.54) is 12.3 Å². The van der Waals surface area contributed by atoms with Gasteiger partial charge in [-0.15, -0.1) is 0 Å². The van der Waals surface area contributed by atoms with Crippen molar-refractivity contribution in [1.29, 1.82) is 0 Å². The van der Waals surface area contributed by atoms with Crippen molar-refractivity contribution in [1.82, 2.24) is 15.0 Å². The highest BCUT2D eigenvalue weighted by atomic mass is 19.1. The van der Waals surface area contributed by atoms with Gasteiger partial charge in [-0.25, -0.2) is 14.4 Å². The number of anilines is 2. The zero-order valence-corrected chi connectivity index (χ0v) is 14.3. The maximum Gasteiger partial charge on any atom is 0.141 e. The first-order valence-electron chi connectivity index (χ1n) is 8.30. The van der Waals surface area contributed by atoms with Crippen molar-refractivity contribution in [2.75, 3.05) is 11.5 Å². The van der Waals surface area contributed by atoms with E-state index in [1.807, 2.05) is 30.3 Å². The minimum atomic E-state index is -0.312. The van der Waals surface area contributed by atoms with Crippen LogP contribution in [0.4, 0.5) is 16.0 Å². The quantitative estimate of drug-likeness (QED) is 0.574. The predicted octanol–water partition coefficient (Wildman–Crippen LogP) is 4.18. The summed E-state index contributed by atoms with van der Waals surface area (Å²) in [4.78, 5) is 12.4. The van der Waals surface area contributed by atoms with E-state index < -0.39 is 0 Å². The number of hydrogen-bond donors (Lipinski definition) is 2. The summed E-state index contributed by atoms with van der Waals surface area (Å²) in [5.74, 6) is 0.454. The lowest BCUT2D eigenvalue weighted by Crippen LogP contribution is -1.94. The van der Waals surface area contributed by atoms with Crippen LogP contribution in [-0.4, -0.2) is 15.0 Å². The molecule has 0 aliphatic carbocycles. The number of rotatable bonds is 3. The van der Waals surface area contributed by atoms with Gasteiger partial charge >= 0.3 is 0 Å². The Bertz CT molecular complexity index is 1080. The van der Waals surface area contributed by atoms with E-state index in [0.717, 1.165) is 22.4 Å². The van der Waals surface area contributed by atoms with Crippen LogP contribution in [0.15, 0.2) is 73.2 Å². The van der Waals surface area contributed by atoms with Crippen LogP contribution in [0.25, 0.3) is 33.5 Å². The molecule has 0 aliphatic rings. The van der Waals surface area contributed by atoms with E-state index in [1.54, 1.807) is 30.6 Å². The Morgan fingerprint density at radius 1 is 0.630 bits per heavy atom. The number of nitrogens with two attached hydrogens (primary N) is 2. The minimum Gasteiger partial charge on any atom is -0.384 e. The van der Waals surface area contributed by atoms with Crippen LogP contribution in [0.3, 0.4) is 0 Å². The van der Waals surface area contributed by atoms with Crippen LogP contribution in [0.1, 0.15) is 0 Å². The maximum absolute atomic E-state index is 14.6. The summed E-state index contributed by atoms with van der Waals surface area (Å²) < 4.78 is 14.6. The molecule has 5 nitrogen and oxygen atoms in total. The zero-order chi connectivity index (χ0) is 18.8. The summed E-state index contributed by atoms with van der Waals surface area (Å²) in [6, 6.07) is 16.1. The minimum absolute atomic E-state index is 0.312. The molecule has 0 unspecified atom stereocenters. The fourth-order valence-corrected chi connectivity index (χ4v) is 2.92. The van der Waals surface area contributed by atoms with Crippen LogP contribution in [-0.2, 0) is 0 Å². The SMILES string of the molecule is Nc1ccc(-c2c(F)cccc2-c2ccc(-c3cnc(N)cn3)cc2)cn1. The van der Waals surface area contributed by atoms with E-state index in [9.17, 15) is 4.39 Å². The van der Waals surface area contributed by atoms with Gasteiger partial charge in [-0.1, -0.05) is 36.4 Å². The van der Waals surface area contributed by atoms with Crippen molar-refractivity contribution in [2.24, 2.45) is 0 Å². The molecule has 0 amide bonds. The number of pyridine rings is 1. The van der Waals surface area contributed by atoms with Crippen molar-refractivity contribution < 1.29 is 4.39 Å². The first-order valence-corrected chi connectivity index (χ1v) is 8.30. The molecule has 27 heavy (non-hydrogen) atoms. The van der Waals surface area contributed by atoms with Gasteiger partial charge in [0.2, 0.25) is 0 Å². The van der Waals surface area contributed by atoms with Crippen LogP contribution in [0, 0.1) is 5.82 Å². The van der Waals surface area contributed by atoms with Crippen LogP contribution >= 0.6 is 0 Å². The second-order valence-electron chi connectivity index (χ2n) is 6.04. The summed E-state index contributed by atoms with van der Waals surface area (Å²) >= 11 is 0. The lowest BCUT2D eigenvalue weighted by atomic mass is 9.94. The molecule has 132 valence electrons. The average molecular weight is 357 g/mol. The second-order valence-corrected chi connectivity index (χ2v) is 6.04. The van der Waals surface area contributed by atoms with E-state index in [-0.39, 0.29) is 5.82 Å². The van der Waals surface area contributed by atoms with Gasteiger partial charge in [0.05, 0.1) is 18.1 Å². The third-order valence-corrected chi connectivity index (χ3v) is 4.25. The summed E-state index contributed by atoms with van der Waals surface area (Å²) in [5.41, 5.74) is 15.7. The van der Waals surface area contributed by atoms with Crippen molar-refractivity contribution in [3.8, 4) is 33.5 Å². The van der Waals surface area contributed by atoms with E-state index in [0.29, 0.717) is 22.8 Å². The van der Waals surface area contributed by atoms with E-state index >= 15 is 0 Å². The fraction of sp³-hybridized carbons (Fsp3) is 0. The molecular formula is C21H16FN5. The highest BCUT2D eigenvalue weighted by molar-refractivity contribution is 5.84. The van der Waals surface area contributed by atoms with Gasteiger partial charge in [0.1, 0.15) is 17.5 Å². The van der Waals surface area contributed by atoms with Crippen molar-refractivity contribution in [2.45, 2.75) is 0 Å². The Morgan fingerprint density at radius 2 is 1.33 bits per heavy atom. The Labute approximate surface area is 155 Å². The van der Waals surface area contributed by atoms with Crippen LogP contribution in [0.2, 0.25) is 0 Å². The van der Waals surface area contributed by atoms with Gasteiger partial charge in [0.15, 0.2) is 0 Å². The molecule has 0 fully saturated rings. The molecule has 0 atom stereocenters. The normalized spacial score (nSPS) is 10.7. The molecule has 0 radical (unpaired) electrons. The summed E-state index contributed by atoms with van der Waals surface area (Å²) in [6.45, 7) is 0. The fourth-order valence-electron chi connectivity index (χ4n) is 2.92. The second kappa shape index (κ2) is 6.84. The maximum atomic E-state index is 14.6. The smallest absolute Gasteiger partial charge is 0.141 e. The van der Waals surface area contributed by atoms with Crippen LogP contribution in [0.5, 0.6) is 0 Å². The first kappa shape index (κ1) is 16.7. The van der Waals surface area contributed by atoms with Gasteiger partial charge in [-0.05, 0) is 29.3 Å². The van der Waals surface area contributed by atoms with Crippen molar-refractivity contribution >= 4 is 11.6 Å². The number of halogens is 1. The molecule has 0 bridgehead atoms. The van der Waals surface area contributed by atoms with Crippen LogP contribution < -0.4 is 11.5 Å². The number of nitrogen functional groups attached to an aromatic ring is 2. The highest BCUT2D eigenvalue weighted by Crippen LogP contribution is 2.35. The van der Waals surface area contributed by atoms with Gasteiger partial charge in [-0.2, -0.15) is 0 Å². The molecule has 0 saturated carbocycles. The van der Waals surface area contributed by atoms with E-state index in [4.69, 9.17) is 11.5 Å². The number of hydrogen-bond acceptors (Lipinski definition) is 5. The standard InChI is InChI=1S/C21H16FN5/c22-17-3-1-2-16(21(17)15-8-9-19(23)26-10-15)13-4-6-14(7-5-13)18-11-27-20(24)12-25-18/h1-12H,(H2,23,26)(H2,24,27). The lowest BCUT2D eigenvalue weighted by Gasteiger charge is -2.12. The highest BCUT2D eigenvalue weighted by Gasteiger charge is 2.13. The third kappa shape index (κ3) is 3.32. The van der Waals surface area contributed by atoms with Gasteiger partial charge in [0, 0.05) is 22.9 Å². The molecular weight excluding hydrogens is 341 g/mol. The third-order valence-electron chi connectivity index (χ3n) is 4.25. The Balaban J connectivity index is 1.76.